The maximum atomic E-state index is 13.2. The Bertz CT molecular complexity index is 681. The highest BCUT2D eigenvalue weighted by Crippen LogP contribution is 2.21. The van der Waals surface area contributed by atoms with Gasteiger partial charge in [0.05, 0.1) is 10.7 Å². The molecular weight excluding hydrogens is 313 g/mol. The molecule has 0 spiro atoms. The molecule has 0 aliphatic heterocycles. The van der Waals surface area contributed by atoms with E-state index in [9.17, 15) is 9.18 Å². The van der Waals surface area contributed by atoms with Gasteiger partial charge in [0.2, 0.25) is 0 Å². The zero-order chi connectivity index (χ0) is 15.4. The van der Waals surface area contributed by atoms with E-state index in [1.54, 1.807) is 30.3 Å². The predicted molar refractivity (Wildman–Crippen MR) is 84.6 cm³/mol. The van der Waals surface area contributed by atoms with Gasteiger partial charge in [0.15, 0.2) is 5.11 Å². The molecule has 0 aromatic heterocycles. The van der Waals surface area contributed by atoms with E-state index >= 15 is 0 Å². The third-order valence-corrected chi connectivity index (χ3v) is 3.10. The highest BCUT2D eigenvalue weighted by atomic mass is 35.5. The SMILES string of the molecule is NC(=S)N(NC(=O)c1ccccc1)c1ccc(F)c(Cl)c1. The Hall–Kier alpha value is -2.18. The molecule has 21 heavy (non-hydrogen) atoms. The van der Waals surface area contributed by atoms with Crippen molar-refractivity contribution in [3.8, 4) is 0 Å². The Balaban J connectivity index is 2.26. The van der Waals surface area contributed by atoms with Crippen molar-refractivity contribution >= 4 is 40.5 Å². The zero-order valence-electron chi connectivity index (χ0n) is 10.7. The van der Waals surface area contributed by atoms with Crippen LogP contribution in [0, 0.1) is 5.82 Å². The number of nitrogens with one attached hydrogen (secondary N) is 1. The van der Waals surface area contributed by atoms with E-state index in [0.717, 1.165) is 11.1 Å². The van der Waals surface area contributed by atoms with Gasteiger partial charge in [-0.1, -0.05) is 29.8 Å². The second-order valence-electron chi connectivity index (χ2n) is 4.08. The van der Waals surface area contributed by atoms with Gasteiger partial charge in [-0.2, -0.15) is 0 Å². The molecule has 2 aromatic carbocycles. The quantitative estimate of drug-likeness (QED) is 0.659. The number of hydrazine groups is 1. The first-order valence-electron chi connectivity index (χ1n) is 5.89. The molecule has 0 heterocycles. The van der Waals surface area contributed by atoms with Crippen LogP contribution in [0.25, 0.3) is 0 Å². The molecule has 0 saturated heterocycles. The van der Waals surface area contributed by atoms with E-state index in [4.69, 9.17) is 29.6 Å². The molecule has 4 nitrogen and oxygen atoms in total. The molecular formula is C14H11ClFN3OS. The number of amides is 1. The van der Waals surface area contributed by atoms with Crippen molar-refractivity contribution in [3.05, 3.63) is 64.9 Å². The number of carbonyl (C=O) groups excluding carboxylic acids is 1. The van der Waals surface area contributed by atoms with Gasteiger partial charge in [0, 0.05) is 5.56 Å². The second kappa shape index (κ2) is 6.51. The fraction of sp³-hybridized carbons (Fsp3) is 0. The number of nitrogens with two attached hydrogens (primary N) is 1. The predicted octanol–water partition coefficient (Wildman–Crippen LogP) is 2.87. The summed E-state index contributed by atoms with van der Waals surface area (Å²) in [5.41, 5.74) is 8.93. The van der Waals surface area contributed by atoms with Crippen LogP contribution >= 0.6 is 23.8 Å². The van der Waals surface area contributed by atoms with Crippen LogP contribution in [0.3, 0.4) is 0 Å². The van der Waals surface area contributed by atoms with Gasteiger partial charge in [0.1, 0.15) is 5.82 Å². The molecule has 0 aliphatic carbocycles. The van der Waals surface area contributed by atoms with Crippen molar-refractivity contribution < 1.29 is 9.18 Å². The van der Waals surface area contributed by atoms with E-state index in [1.165, 1.54) is 12.1 Å². The largest absolute Gasteiger partial charge is 0.374 e. The average molecular weight is 324 g/mol. The monoisotopic (exact) mass is 323 g/mol. The molecule has 0 unspecified atom stereocenters. The number of thiocarbonyl (C=S) groups is 1. The summed E-state index contributed by atoms with van der Waals surface area (Å²) in [6.45, 7) is 0. The second-order valence-corrected chi connectivity index (χ2v) is 4.90. The smallest absolute Gasteiger partial charge is 0.270 e. The molecule has 3 N–H and O–H groups in total. The Morgan fingerprint density at radius 2 is 1.90 bits per heavy atom. The van der Waals surface area contributed by atoms with Gasteiger partial charge < -0.3 is 5.73 Å². The third kappa shape index (κ3) is 3.68. The maximum Gasteiger partial charge on any atom is 0.270 e. The summed E-state index contributed by atoms with van der Waals surface area (Å²) < 4.78 is 13.2. The fourth-order valence-electron chi connectivity index (χ4n) is 1.63. The van der Waals surface area contributed by atoms with Gasteiger partial charge in [-0.05, 0) is 42.5 Å². The molecule has 108 valence electrons. The number of rotatable bonds is 2. The molecule has 1 amide bonds. The van der Waals surface area contributed by atoms with Crippen LogP contribution in [-0.4, -0.2) is 11.0 Å². The van der Waals surface area contributed by atoms with E-state index < -0.39 is 11.7 Å². The van der Waals surface area contributed by atoms with Crippen molar-refractivity contribution in [2.75, 3.05) is 5.01 Å². The Kier molecular flexibility index (Phi) is 4.72. The highest BCUT2D eigenvalue weighted by Gasteiger charge is 2.15. The van der Waals surface area contributed by atoms with Gasteiger partial charge in [-0.25, -0.2) is 9.40 Å². The van der Waals surface area contributed by atoms with Crippen molar-refractivity contribution in [2.24, 2.45) is 5.73 Å². The summed E-state index contributed by atoms with van der Waals surface area (Å²) >= 11 is 10.6. The minimum Gasteiger partial charge on any atom is -0.374 e. The van der Waals surface area contributed by atoms with E-state index in [1.807, 2.05) is 0 Å². The summed E-state index contributed by atoms with van der Waals surface area (Å²) in [6, 6.07) is 12.4. The van der Waals surface area contributed by atoms with Crippen LogP contribution in [0.15, 0.2) is 48.5 Å². The Morgan fingerprint density at radius 3 is 2.48 bits per heavy atom. The van der Waals surface area contributed by atoms with Gasteiger partial charge in [0.25, 0.3) is 5.91 Å². The number of halogens is 2. The van der Waals surface area contributed by atoms with Crippen LogP contribution in [0.1, 0.15) is 10.4 Å². The highest BCUT2D eigenvalue weighted by molar-refractivity contribution is 7.80. The van der Waals surface area contributed by atoms with E-state index in [2.05, 4.69) is 5.43 Å². The summed E-state index contributed by atoms with van der Waals surface area (Å²) in [4.78, 5) is 12.1. The normalized spacial score (nSPS) is 10.0. The Labute approximate surface area is 131 Å². The maximum absolute atomic E-state index is 13.2. The van der Waals surface area contributed by atoms with Crippen LogP contribution in [0.4, 0.5) is 10.1 Å². The molecule has 0 atom stereocenters. The summed E-state index contributed by atoms with van der Waals surface area (Å²) in [5, 5.41) is 0.973. The van der Waals surface area contributed by atoms with Crippen molar-refractivity contribution in [3.63, 3.8) is 0 Å². The van der Waals surface area contributed by atoms with Crippen molar-refractivity contribution in [1.82, 2.24) is 5.43 Å². The summed E-state index contributed by atoms with van der Waals surface area (Å²) in [7, 11) is 0. The number of hydrogen-bond donors (Lipinski definition) is 2. The van der Waals surface area contributed by atoms with Crippen molar-refractivity contribution in [2.45, 2.75) is 0 Å². The molecule has 0 fully saturated rings. The van der Waals surface area contributed by atoms with Crippen LogP contribution in [-0.2, 0) is 0 Å². The topological polar surface area (TPSA) is 58.4 Å². The standard InChI is InChI=1S/C14H11ClFN3OS/c15-11-8-10(6-7-12(11)16)19(14(17)21)18-13(20)9-4-2-1-3-5-9/h1-8H,(H2,17,21)(H,18,20). The first-order chi connectivity index (χ1) is 9.99. The molecule has 0 bridgehead atoms. The van der Waals surface area contributed by atoms with Crippen molar-refractivity contribution in [1.29, 1.82) is 0 Å². The molecule has 2 rings (SSSR count). The van der Waals surface area contributed by atoms with Crippen LogP contribution < -0.4 is 16.2 Å². The van der Waals surface area contributed by atoms with Gasteiger partial charge in [-0.15, -0.1) is 0 Å². The molecule has 7 heteroatoms. The Morgan fingerprint density at radius 1 is 1.24 bits per heavy atom. The first-order valence-corrected chi connectivity index (χ1v) is 6.68. The molecule has 0 radical (unpaired) electrons. The number of benzene rings is 2. The molecule has 0 aliphatic rings. The molecule has 0 saturated carbocycles. The lowest BCUT2D eigenvalue weighted by Crippen LogP contribution is -2.49. The summed E-state index contributed by atoms with van der Waals surface area (Å²) in [6.07, 6.45) is 0. The number of anilines is 1. The van der Waals surface area contributed by atoms with E-state index in [0.29, 0.717) is 11.3 Å². The lowest BCUT2D eigenvalue weighted by Gasteiger charge is -2.23. The number of carbonyl (C=O) groups is 1. The fourth-order valence-corrected chi connectivity index (χ4v) is 1.95. The third-order valence-electron chi connectivity index (χ3n) is 2.63. The summed E-state index contributed by atoms with van der Waals surface area (Å²) in [5.74, 6) is -0.971. The van der Waals surface area contributed by atoms with Crippen LogP contribution in [0.2, 0.25) is 5.02 Å². The first kappa shape index (κ1) is 15.2. The van der Waals surface area contributed by atoms with Gasteiger partial charge in [-0.3, -0.25) is 10.2 Å². The molecule has 2 aromatic rings. The lowest BCUT2D eigenvalue weighted by molar-refractivity contribution is 0.0955. The number of hydrogen-bond acceptors (Lipinski definition) is 2. The minimum absolute atomic E-state index is 0.0947. The van der Waals surface area contributed by atoms with Gasteiger partial charge >= 0.3 is 0 Å². The average Bonchev–Trinajstić information content (AvgIpc) is 2.48. The zero-order valence-corrected chi connectivity index (χ0v) is 12.3. The van der Waals surface area contributed by atoms with Crippen LogP contribution in [0.5, 0.6) is 0 Å². The lowest BCUT2D eigenvalue weighted by atomic mass is 10.2. The minimum atomic E-state index is -0.572. The number of nitrogens with zero attached hydrogens (tertiary/aromatic N) is 1. The van der Waals surface area contributed by atoms with E-state index in [-0.39, 0.29) is 10.1 Å².